The highest BCUT2D eigenvalue weighted by Gasteiger charge is 2.26. The fourth-order valence-electron chi connectivity index (χ4n) is 2.44. The summed E-state index contributed by atoms with van der Waals surface area (Å²) in [5, 5.41) is 5.96. The SMILES string of the molecule is CNCCC(=O)NCc1cc(C)n(C2CC2)c1C. The normalized spacial score (nSPS) is 14.8. The molecule has 100 valence electrons. The minimum Gasteiger partial charge on any atom is -0.352 e. The van der Waals surface area contributed by atoms with Gasteiger partial charge < -0.3 is 15.2 Å². The van der Waals surface area contributed by atoms with Gasteiger partial charge in [-0.2, -0.15) is 0 Å². The van der Waals surface area contributed by atoms with Gasteiger partial charge in [-0.15, -0.1) is 0 Å². The van der Waals surface area contributed by atoms with Crippen LogP contribution in [0.2, 0.25) is 0 Å². The maximum absolute atomic E-state index is 11.6. The Kier molecular flexibility index (Phi) is 4.07. The third-order valence-corrected chi connectivity index (χ3v) is 3.58. The number of hydrogen-bond acceptors (Lipinski definition) is 2. The fraction of sp³-hybridized carbons (Fsp3) is 0.643. The van der Waals surface area contributed by atoms with Gasteiger partial charge in [0.15, 0.2) is 0 Å². The molecule has 18 heavy (non-hydrogen) atoms. The van der Waals surface area contributed by atoms with Crippen LogP contribution in [-0.4, -0.2) is 24.1 Å². The molecule has 1 aromatic rings. The lowest BCUT2D eigenvalue weighted by atomic mass is 10.2. The molecule has 1 aliphatic rings. The molecule has 0 bridgehead atoms. The van der Waals surface area contributed by atoms with E-state index in [0.717, 1.165) is 6.54 Å². The van der Waals surface area contributed by atoms with Gasteiger partial charge in [-0.25, -0.2) is 0 Å². The first-order chi connectivity index (χ1) is 8.63. The van der Waals surface area contributed by atoms with E-state index in [1.54, 1.807) is 0 Å². The largest absolute Gasteiger partial charge is 0.352 e. The smallest absolute Gasteiger partial charge is 0.221 e. The molecule has 0 unspecified atom stereocenters. The van der Waals surface area contributed by atoms with Gasteiger partial charge in [-0.3, -0.25) is 4.79 Å². The monoisotopic (exact) mass is 249 g/mol. The summed E-state index contributed by atoms with van der Waals surface area (Å²) < 4.78 is 2.41. The van der Waals surface area contributed by atoms with Gasteiger partial charge >= 0.3 is 0 Å². The van der Waals surface area contributed by atoms with E-state index in [1.807, 2.05) is 7.05 Å². The molecule has 1 aliphatic carbocycles. The Morgan fingerprint density at radius 1 is 1.44 bits per heavy atom. The number of hydrogen-bond donors (Lipinski definition) is 2. The molecule has 1 fully saturated rings. The van der Waals surface area contributed by atoms with Crippen molar-refractivity contribution in [1.82, 2.24) is 15.2 Å². The molecule has 2 rings (SSSR count). The van der Waals surface area contributed by atoms with Crippen LogP contribution in [0.1, 0.15) is 42.3 Å². The second-order valence-electron chi connectivity index (χ2n) is 5.13. The number of nitrogens with zero attached hydrogens (tertiary/aromatic N) is 1. The van der Waals surface area contributed by atoms with E-state index in [4.69, 9.17) is 0 Å². The molecule has 0 spiro atoms. The topological polar surface area (TPSA) is 46.1 Å². The lowest BCUT2D eigenvalue weighted by Gasteiger charge is -2.08. The van der Waals surface area contributed by atoms with E-state index >= 15 is 0 Å². The van der Waals surface area contributed by atoms with E-state index in [-0.39, 0.29) is 5.91 Å². The zero-order valence-electron chi connectivity index (χ0n) is 11.5. The maximum Gasteiger partial charge on any atom is 0.221 e. The molecule has 0 aliphatic heterocycles. The summed E-state index contributed by atoms with van der Waals surface area (Å²) in [6.45, 7) is 5.68. The van der Waals surface area contributed by atoms with E-state index in [9.17, 15) is 4.79 Å². The molecule has 0 radical (unpaired) electrons. The quantitative estimate of drug-likeness (QED) is 0.805. The summed E-state index contributed by atoms with van der Waals surface area (Å²) in [5.74, 6) is 0.112. The Bertz CT molecular complexity index is 432. The third-order valence-electron chi connectivity index (χ3n) is 3.58. The highest BCUT2D eigenvalue weighted by atomic mass is 16.1. The summed E-state index contributed by atoms with van der Waals surface area (Å²) in [5.41, 5.74) is 3.87. The molecule has 0 atom stereocenters. The number of aryl methyl sites for hydroxylation is 1. The average molecular weight is 249 g/mol. The van der Waals surface area contributed by atoms with Crippen molar-refractivity contribution in [3.63, 3.8) is 0 Å². The molecule has 2 N–H and O–H groups in total. The van der Waals surface area contributed by atoms with Crippen LogP contribution in [0.15, 0.2) is 6.07 Å². The van der Waals surface area contributed by atoms with Crippen molar-refractivity contribution < 1.29 is 4.79 Å². The number of rotatable bonds is 6. The van der Waals surface area contributed by atoms with Crippen molar-refractivity contribution in [1.29, 1.82) is 0 Å². The van der Waals surface area contributed by atoms with Gasteiger partial charge in [0.25, 0.3) is 0 Å². The maximum atomic E-state index is 11.6. The van der Waals surface area contributed by atoms with Crippen molar-refractivity contribution in [2.75, 3.05) is 13.6 Å². The van der Waals surface area contributed by atoms with Crippen LogP contribution < -0.4 is 10.6 Å². The van der Waals surface area contributed by atoms with Crippen molar-refractivity contribution in [2.24, 2.45) is 0 Å². The van der Waals surface area contributed by atoms with Crippen LogP contribution in [0.3, 0.4) is 0 Å². The van der Waals surface area contributed by atoms with Gasteiger partial charge in [0.1, 0.15) is 0 Å². The van der Waals surface area contributed by atoms with E-state index in [2.05, 4.69) is 35.1 Å². The lowest BCUT2D eigenvalue weighted by molar-refractivity contribution is -0.121. The standard InChI is InChI=1S/C14H23N3O/c1-10-8-12(9-16-14(18)6-7-15-3)11(2)17(10)13-4-5-13/h8,13,15H,4-7,9H2,1-3H3,(H,16,18). The van der Waals surface area contributed by atoms with E-state index < -0.39 is 0 Å². The predicted molar refractivity (Wildman–Crippen MR) is 72.6 cm³/mol. The van der Waals surface area contributed by atoms with Crippen LogP contribution in [0.25, 0.3) is 0 Å². The molecule has 0 saturated heterocycles. The number of amides is 1. The molecule has 1 amide bonds. The van der Waals surface area contributed by atoms with Crippen LogP contribution in [-0.2, 0) is 11.3 Å². The number of carbonyl (C=O) groups is 1. The summed E-state index contributed by atoms with van der Waals surface area (Å²) in [6.07, 6.45) is 3.13. The van der Waals surface area contributed by atoms with Gasteiger partial charge in [-0.05, 0) is 45.4 Å². The van der Waals surface area contributed by atoms with Crippen LogP contribution >= 0.6 is 0 Å². The van der Waals surface area contributed by atoms with Gasteiger partial charge in [0, 0.05) is 36.9 Å². The molecule has 1 heterocycles. The number of nitrogens with one attached hydrogen (secondary N) is 2. The number of aromatic nitrogens is 1. The van der Waals surface area contributed by atoms with Crippen molar-refractivity contribution in [3.05, 3.63) is 23.0 Å². The molecule has 0 aromatic carbocycles. The second-order valence-corrected chi connectivity index (χ2v) is 5.13. The Hall–Kier alpha value is -1.29. The van der Waals surface area contributed by atoms with Gasteiger partial charge in [0.2, 0.25) is 5.91 Å². The Labute approximate surface area is 109 Å². The first kappa shape index (κ1) is 13.1. The third kappa shape index (κ3) is 2.93. The fourth-order valence-corrected chi connectivity index (χ4v) is 2.44. The highest BCUT2D eigenvalue weighted by molar-refractivity contribution is 5.76. The second kappa shape index (κ2) is 5.57. The Morgan fingerprint density at radius 3 is 2.78 bits per heavy atom. The van der Waals surface area contributed by atoms with E-state index in [1.165, 1.54) is 29.8 Å². The first-order valence-electron chi connectivity index (χ1n) is 6.72. The Balaban J connectivity index is 1.93. The van der Waals surface area contributed by atoms with Crippen molar-refractivity contribution >= 4 is 5.91 Å². The average Bonchev–Trinajstić information content (AvgIpc) is 3.12. The molecule has 1 aromatic heterocycles. The minimum atomic E-state index is 0.112. The van der Waals surface area contributed by atoms with Gasteiger partial charge in [0.05, 0.1) is 0 Å². The highest BCUT2D eigenvalue weighted by Crippen LogP contribution is 2.38. The number of carbonyl (C=O) groups excluding carboxylic acids is 1. The zero-order valence-corrected chi connectivity index (χ0v) is 11.5. The zero-order chi connectivity index (χ0) is 13.1. The molecule has 4 nitrogen and oxygen atoms in total. The predicted octanol–water partition coefficient (Wildman–Crippen LogP) is 1.67. The molecule has 1 saturated carbocycles. The lowest BCUT2D eigenvalue weighted by Crippen LogP contribution is -2.26. The van der Waals surface area contributed by atoms with Crippen LogP contribution in [0.5, 0.6) is 0 Å². The van der Waals surface area contributed by atoms with Crippen LogP contribution in [0, 0.1) is 13.8 Å². The minimum absolute atomic E-state index is 0.112. The molecular weight excluding hydrogens is 226 g/mol. The summed E-state index contributed by atoms with van der Waals surface area (Å²) in [4.78, 5) is 11.6. The molecular formula is C14H23N3O. The first-order valence-corrected chi connectivity index (χ1v) is 6.72. The molecule has 4 heteroatoms. The van der Waals surface area contributed by atoms with E-state index in [0.29, 0.717) is 19.0 Å². The van der Waals surface area contributed by atoms with Crippen LogP contribution in [0.4, 0.5) is 0 Å². The Morgan fingerprint density at radius 2 is 2.17 bits per heavy atom. The summed E-state index contributed by atoms with van der Waals surface area (Å²) in [7, 11) is 1.86. The van der Waals surface area contributed by atoms with Crippen molar-refractivity contribution in [2.45, 2.75) is 45.7 Å². The van der Waals surface area contributed by atoms with Crippen molar-refractivity contribution in [3.8, 4) is 0 Å². The summed E-state index contributed by atoms with van der Waals surface area (Å²) >= 11 is 0. The van der Waals surface area contributed by atoms with Gasteiger partial charge in [-0.1, -0.05) is 0 Å². The summed E-state index contributed by atoms with van der Waals surface area (Å²) in [6, 6.07) is 2.91.